The number of benzene rings is 1. The third kappa shape index (κ3) is 3.63. The van der Waals surface area contributed by atoms with E-state index in [-0.39, 0.29) is 17.3 Å². The fraction of sp³-hybridized carbons (Fsp3) is 0.300. The molecule has 1 N–H and O–H groups in total. The summed E-state index contributed by atoms with van der Waals surface area (Å²) in [5, 5.41) is 17.3. The van der Waals surface area contributed by atoms with Crippen molar-refractivity contribution < 1.29 is 9.21 Å². The zero-order valence-electron chi connectivity index (χ0n) is 15.3. The van der Waals surface area contributed by atoms with Crippen LogP contribution in [0.2, 0.25) is 0 Å². The van der Waals surface area contributed by atoms with E-state index in [1.165, 1.54) is 20.9 Å². The number of fused-ring (bicyclic) bond motifs is 1. The molecule has 1 amide bonds. The van der Waals surface area contributed by atoms with Crippen LogP contribution >= 0.6 is 23.6 Å². The molecule has 0 bridgehead atoms. The van der Waals surface area contributed by atoms with Crippen molar-refractivity contribution in [3.05, 3.63) is 50.7 Å². The van der Waals surface area contributed by atoms with Gasteiger partial charge in [0.2, 0.25) is 11.8 Å². The number of amides is 1. The summed E-state index contributed by atoms with van der Waals surface area (Å²) in [5.41, 5.74) is 3.62. The van der Waals surface area contributed by atoms with Crippen molar-refractivity contribution in [3.8, 4) is 17.5 Å². The second kappa shape index (κ2) is 7.70. The Morgan fingerprint density at radius 2 is 2.11 bits per heavy atom. The van der Waals surface area contributed by atoms with E-state index in [0.717, 1.165) is 42.4 Å². The lowest BCUT2D eigenvalue weighted by Crippen LogP contribution is -2.19. The normalized spacial score (nSPS) is 13.0. The van der Waals surface area contributed by atoms with Gasteiger partial charge in [0.15, 0.2) is 0 Å². The smallest absolute Gasteiger partial charge is 0.287 e. The van der Waals surface area contributed by atoms with Crippen LogP contribution in [-0.4, -0.2) is 15.7 Å². The first-order chi connectivity index (χ1) is 13.5. The van der Waals surface area contributed by atoms with Crippen molar-refractivity contribution >= 4 is 34.5 Å². The minimum atomic E-state index is -0.282. The zero-order chi connectivity index (χ0) is 19.7. The largest absolute Gasteiger partial charge is 0.409 e. The van der Waals surface area contributed by atoms with Gasteiger partial charge in [-0.1, -0.05) is 17.7 Å². The average Bonchev–Trinajstić information content (AvgIpc) is 3.22. The van der Waals surface area contributed by atoms with Gasteiger partial charge in [0, 0.05) is 10.4 Å². The summed E-state index contributed by atoms with van der Waals surface area (Å²) in [6, 6.07) is 9.97. The third-order valence-electron chi connectivity index (χ3n) is 4.73. The van der Waals surface area contributed by atoms with Crippen LogP contribution in [0.25, 0.3) is 11.5 Å². The van der Waals surface area contributed by atoms with E-state index >= 15 is 0 Å². The highest BCUT2D eigenvalue weighted by Gasteiger charge is 2.22. The fourth-order valence-corrected chi connectivity index (χ4v) is 4.73. The number of anilines is 1. The maximum absolute atomic E-state index is 12.5. The number of aromatic nitrogens is 2. The molecule has 0 saturated heterocycles. The van der Waals surface area contributed by atoms with Crippen LogP contribution in [0, 0.1) is 23.1 Å². The lowest BCUT2D eigenvalue weighted by atomic mass is 9.96. The summed E-state index contributed by atoms with van der Waals surface area (Å²) in [5.74, 6) is 0.0945. The van der Waals surface area contributed by atoms with Gasteiger partial charge in [0.1, 0.15) is 17.6 Å². The summed E-state index contributed by atoms with van der Waals surface area (Å²) in [7, 11) is 0. The number of thiophene rings is 1. The molecule has 8 heteroatoms. The lowest BCUT2D eigenvalue weighted by molar-refractivity contribution is -0.116. The summed E-state index contributed by atoms with van der Waals surface area (Å²) < 4.78 is 6.90. The molecule has 4 rings (SSSR count). The standard InChI is InChI=1S/C20H18N4O2S2/c1-12-6-8-13(9-7-12)18-23-24(20(27)26-18)11-17(25)22-19-15(10-21)14-4-2-3-5-16(14)28-19/h6-9H,2-5,11H2,1H3,(H,22,25). The Hall–Kier alpha value is -2.76. The summed E-state index contributed by atoms with van der Waals surface area (Å²) in [6.45, 7) is 1.93. The number of nitrogens with one attached hydrogen (secondary N) is 1. The molecule has 0 fully saturated rings. The zero-order valence-corrected chi connectivity index (χ0v) is 17.0. The highest BCUT2D eigenvalue weighted by atomic mass is 32.1. The molecule has 1 aliphatic carbocycles. The number of nitrogens with zero attached hydrogens (tertiary/aromatic N) is 3. The minimum absolute atomic E-state index is 0.0678. The van der Waals surface area contributed by atoms with E-state index in [1.54, 1.807) is 0 Å². The van der Waals surface area contributed by atoms with Gasteiger partial charge < -0.3 is 9.73 Å². The van der Waals surface area contributed by atoms with E-state index in [1.807, 2.05) is 31.2 Å². The van der Waals surface area contributed by atoms with Gasteiger partial charge in [-0.25, -0.2) is 4.68 Å². The van der Waals surface area contributed by atoms with Crippen molar-refractivity contribution in [2.24, 2.45) is 0 Å². The SMILES string of the molecule is Cc1ccc(-c2nn(CC(=O)Nc3sc4c(c3C#N)CCCC4)c(=S)o2)cc1. The third-order valence-corrected chi connectivity index (χ3v) is 6.24. The number of rotatable bonds is 4. The van der Waals surface area contributed by atoms with E-state index in [4.69, 9.17) is 16.6 Å². The highest BCUT2D eigenvalue weighted by Crippen LogP contribution is 2.37. The average molecular weight is 411 g/mol. The molecular weight excluding hydrogens is 392 g/mol. The van der Waals surface area contributed by atoms with Crippen molar-refractivity contribution in [2.75, 3.05) is 5.32 Å². The number of aryl methyl sites for hydroxylation is 2. The molecule has 0 radical (unpaired) electrons. The van der Waals surface area contributed by atoms with E-state index in [9.17, 15) is 10.1 Å². The maximum atomic E-state index is 12.5. The lowest BCUT2D eigenvalue weighted by Gasteiger charge is -2.09. The van der Waals surface area contributed by atoms with Gasteiger partial charge in [0.25, 0.3) is 4.84 Å². The first-order valence-corrected chi connectivity index (χ1v) is 10.3. The molecular formula is C20H18N4O2S2. The van der Waals surface area contributed by atoms with Gasteiger partial charge in [0.05, 0.1) is 5.56 Å². The predicted octanol–water partition coefficient (Wildman–Crippen LogP) is 4.63. The van der Waals surface area contributed by atoms with Gasteiger partial charge in [-0.3, -0.25) is 4.79 Å². The van der Waals surface area contributed by atoms with Crippen LogP contribution in [0.3, 0.4) is 0 Å². The molecule has 0 unspecified atom stereocenters. The number of nitriles is 1. The Balaban J connectivity index is 1.52. The Bertz CT molecular complexity index is 1130. The molecule has 3 aromatic rings. The molecule has 6 nitrogen and oxygen atoms in total. The first-order valence-electron chi connectivity index (χ1n) is 9.04. The van der Waals surface area contributed by atoms with Gasteiger partial charge in [-0.05, 0) is 62.5 Å². The first kappa shape index (κ1) is 18.6. The quantitative estimate of drug-likeness (QED) is 0.634. The fourth-order valence-electron chi connectivity index (χ4n) is 3.29. The molecule has 1 aromatic carbocycles. The van der Waals surface area contributed by atoms with Crippen molar-refractivity contribution in [3.63, 3.8) is 0 Å². The second-order valence-corrected chi connectivity index (χ2v) is 8.23. The van der Waals surface area contributed by atoms with E-state index in [2.05, 4.69) is 16.5 Å². The molecule has 1 aliphatic rings. The van der Waals surface area contributed by atoms with Crippen molar-refractivity contribution in [1.82, 2.24) is 9.78 Å². The number of carbonyl (C=O) groups is 1. The topological polar surface area (TPSA) is 83.9 Å². The van der Waals surface area contributed by atoms with Crippen molar-refractivity contribution in [1.29, 1.82) is 5.26 Å². The van der Waals surface area contributed by atoms with Crippen LogP contribution in [-0.2, 0) is 24.2 Å². The Morgan fingerprint density at radius 3 is 2.86 bits per heavy atom. The summed E-state index contributed by atoms with van der Waals surface area (Å²) in [4.78, 5) is 13.9. The summed E-state index contributed by atoms with van der Waals surface area (Å²) in [6.07, 6.45) is 4.08. The van der Waals surface area contributed by atoms with Crippen LogP contribution in [0.15, 0.2) is 28.7 Å². The molecule has 2 heterocycles. The molecule has 0 spiro atoms. The highest BCUT2D eigenvalue weighted by molar-refractivity contribution is 7.71. The van der Waals surface area contributed by atoms with Crippen molar-refractivity contribution in [2.45, 2.75) is 39.2 Å². The number of carbonyl (C=O) groups excluding carboxylic acids is 1. The summed E-state index contributed by atoms with van der Waals surface area (Å²) >= 11 is 6.70. The molecule has 0 atom stereocenters. The van der Waals surface area contributed by atoms with Crippen LogP contribution in [0.5, 0.6) is 0 Å². The Kier molecular flexibility index (Phi) is 5.11. The number of hydrogen-bond acceptors (Lipinski definition) is 6. The van der Waals surface area contributed by atoms with Gasteiger partial charge in [-0.2, -0.15) is 5.26 Å². The number of hydrogen-bond donors (Lipinski definition) is 1. The molecule has 2 aromatic heterocycles. The molecule has 28 heavy (non-hydrogen) atoms. The second-order valence-electron chi connectivity index (χ2n) is 6.77. The molecule has 142 valence electrons. The monoisotopic (exact) mass is 410 g/mol. The van der Waals surface area contributed by atoms with Crippen LogP contribution < -0.4 is 5.32 Å². The molecule has 0 aliphatic heterocycles. The van der Waals surface area contributed by atoms with E-state index < -0.39 is 0 Å². The molecule has 0 saturated carbocycles. The van der Waals surface area contributed by atoms with Crippen LogP contribution in [0.4, 0.5) is 5.00 Å². The maximum Gasteiger partial charge on any atom is 0.287 e. The van der Waals surface area contributed by atoms with Gasteiger partial charge in [-0.15, -0.1) is 16.4 Å². The van der Waals surface area contributed by atoms with Crippen LogP contribution in [0.1, 0.15) is 34.4 Å². The van der Waals surface area contributed by atoms with Gasteiger partial charge >= 0.3 is 0 Å². The Labute approximate surface area is 171 Å². The van der Waals surface area contributed by atoms with E-state index in [0.29, 0.717) is 16.5 Å². The minimum Gasteiger partial charge on any atom is -0.409 e. The Morgan fingerprint density at radius 1 is 1.36 bits per heavy atom. The predicted molar refractivity (Wildman–Crippen MR) is 110 cm³/mol.